The van der Waals surface area contributed by atoms with Gasteiger partial charge in [-0.2, -0.15) is 0 Å². The van der Waals surface area contributed by atoms with E-state index >= 15 is 0 Å². The van der Waals surface area contributed by atoms with E-state index in [0.29, 0.717) is 17.0 Å². The van der Waals surface area contributed by atoms with Gasteiger partial charge in [0, 0.05) is 5.69 Å². The third kappa shape index (κ3) is 4.11. The molecule has 0 atom stereocenters. The summed E-state index contributed by atoms with van der Waals surface area (Å²) in [6.45, 7) is 5.81. The summed E-state index contributed by atoms with van der Waals surface area (Å²) in [4.78, 5) is 12.6. The van der Waals surface area contributed by atoms with Crippen molar-refractivity contribution in [3.63, 3.8) is 0 Å². The van der Waals surface area contributed by atoms with Gasteiger partial charge in [-0.05, 0) is 56.2 Å². The number of amides is 1. The molecule has 3 rings (SSSR count). The Balaban J connectivity index is 1.78. The summed E-state index contributed by atoms with van der Waals surface area (Å²) < 4.78 is 24.3. The van der Waals surface area contributed by atoms with Crippen LogP contribution in [0.15, 0.2) is 40.9 Å². The molecule has 0 aliphatic rings. The Morgan fingerprint density at radius 2 is 2.04 bits per heavy atom. The van der Waals surface area contributed by atoms with Crippen LogP contribution in [0.1, 0.15) is 32.9 Å². The highest BCUT2D eigenvalue weighted by molar-refractivity contribution is 6.31. The monoisotopic (exact) mass is 388 g/mol. The third-order valence-corrected chi connectivity index (χ3v) is 4.59. The topological polar surface area (TPSA) is 64.4 Å². The minimum atomic E-state index is -0.561. The van der Waals surface area contributed by atoms with Crippen LogP contribution >= 0.6 is 11.6 Å². The van der Waals surface area contributed by atoms with Gasteiger partial charge in [0.25, 0.3) is 5.91 Å². The Kier molecular flexibility index (Phi) is 5.46. The SMILES string of the molecule is Cc1cccc(OCc2c(C(=O)Nc3ccc(F)c(Cl)c3)noc2C)c1C. The second-order valence-electron chi connectivity index (χ2n) is 6.14. The summed E-state index contributed by atoms with van der Waals surface area (Å²) in [5, 5.41) is 6.38. The predicted molar refractivity (Wildman–Crippen MR) is 101 cm³/mol. The molecule has 1 heterocycles. The second kappa shape index (κ2) is 7.80. The van der Waals surface area contributed by atoms with Crippen molar-refractivity contribution in [2.24, 2.45) is 0 Å². The van der Waals surface area contributed by atoms with Crippen LogP contribution in [0.2, 0.25) is 5.02 Å². The molecule has 0 radical (unpaired) electrons. The van der Waals surface area contributed by atoms with Crippen molar-refractivity contribution in [2.45, 2.75) is 27.4 Å². The van der Waals surface area contributed by atoms with E-state index in [1.807, 2.05) is 32.0 Å². The van der Waals surface area contributed by atoms with E-state index in [1.54, 1.807) is 6.92 Å². The van der Waals surface area contributed by atoms with Gasteiger partial charge in [-0.3, -0.25) is 4.79 Å². The maximum absolute atomic E-state index is 13.3. The van der Waals surface area contributed by atoms with Gasteiger partial charge in [-0.25, -0.2) is 4.39 Å². The molecule has 7 heteroatoms. The first-order chi connectivity index (χ1) is 12.9. The Morgan fingerprint density at radius 3 is 2.78 bits per heavy atom. The zero-order valence-corrected chi connectivity index (χ0v) is 15.9. The van der Waals surface area contributed by atoms with Crippen LogP contribution in [-0.2, 0) is 6.61 Å². The molecular weight excluding hydrogens is 371 g/mol. The van der Waals surface area contributed by atoms with Crippen molar-refractivity contribution < 1.29 is 18.4 Å². The van der Waals surface area contributed by atoms with Crippen molar-refractivity contribution in [1.82, 2.24) is 5.16 Å². The first-order valence-corrected chi connectivity index (χ1v) is 8.65. The number of aryl methyl sites for hydroxylation is 2. The van der Waals surface area contributed by atoms with Gasteiger partial charge in [0.05, 0.1) is 10.6 Å². The van der Waals surface area contributed by atoms with E-state index < -0.39 is 11.7 Å². The molecule has 27 heavy (non-hydrogen) atoms. The van der Waals surface area contributed by atoms with Crippen molar-refractivity contribution in [3.8, 4) is 5.75 Å². The van der Waals surface area contributed by atoms with Gasteiger partial charge in [0.2, 0.25) is 0 Å². The molecule has 1 aromatic heterocycles. The van der Waals surface area contributed by atoms with E-state index in [-0.39, 0.29) is 17.3 Å². The van der Waals surface area contributed by atoms with Gasteiger partial charge < -0.3 is 14.6 Å². The average molecular weight is 389 g/mol. The summed E-state index contributed by atoms with van der Waals surface area (Å²) in [7, 11) is 0. The Hall–Kier alpha value is -2.86. The van der Waals surface area contributed by atoms with E-state index in [9.17, 15) is 9.18 Å². The largest absolute Gasteiger partial charge is 0.488 e. The van der Waals surface area contributed by atoms with Crippen molar-refractivity contribution in [3.05, 3.63) is 75.4 Å². The number of anilines is 1. The molecule has 2 aromatic carbocycles. The molecule has 0 saturated carbocycles. The fourth-order valence-corrected chi connectivity index (χ4v) is 2.71. The normalized spacial score (nSPS) is 10.7. The number of benzene rings is 2. The second-order valence-corrected chi connectivity index (χ2v) is 6.54. The summed E-state index contributed by atoms with van der Waals surface area (Å²) in [6.07, 6.45) is 0. The quantitative estimate of drug-likeness (QED) is 0.650. The summed E-state index contributed by atoms with van der Waals surface area (Å²) >= 11 is 5.74. The molecule has 3 aromatic rings. The van der Waals surface area contributed by atoms with Crippen LogP contribution in [-0.4, -0.2) is 11.1 Å². The number of hydrogen-bond acceptors (Lipinski definition) is 4. The molecule has 0 spiro atoms. The van der Waals surface area contributed by atoms with Crippen molar-refractivity contribution in [2.75, 3.05) is 5.32 Å². The Morgan fingerprint density at radius 1 is 1.26 bits per heavy atom. The number of nitrogens with zero attached hydrogens (tertiary/aromatic N) is 1. The standard InChI is InChI=1S/C20H18ClFN2O3/c1-11-5-4-6-18(12(11)2)26-10-15-13(3)27-24-19(15)20(25)23-14-7-8-17(22)16(21)9-14/h4-9H,10H2,1-3H3,(H,23,25). The fourth-order valence-electron chi connectivity index (χ4n) is 2.53. The number of carbonyl (C=O) groups excluding carboxylic acids is 1. The van der Waals surface area contributed by atoms with E-state index in [1.165, 1.54) is 18.2 Å². The lowest BCUT2D eigenvalue weighted by Gasteiger charge is -2.11. The Bertz CT molecular complexity index is 1000. The number of halogens is 2. The van der Waals surface area contributed by atoms with Gasteiger partial charge in [-0.15, -0.1) is 0 Å². The molecular formula is C20H18ClFN2O3. The molecule has 0 fully saturated rings. The van der Waals surface area contributed by atoms with Gasteiger partial charge in [-0.1, -0.05) is 28.9 Å². The van der Waals surface area contributed by atoms with Crippen LogP contribution in [0.4, 0.5) is 10.1 Å². The number of rotatable bonds is 5. The zero-order chi connectivity index (χ0) is 19.6. The van der Waals surface area contributed by atoms with Crippen molar-refractivity contribution >= 4 is 23.2 Å². The number of aromatic nitrogens is 1. The lowest BCUT2D eigenvalue weighted by molar-refractivity contribution is 0.101. The minimum Gasteiger partial charge on any atom is -0.488 e. The molecule has 0 bridgehead atoms. The van der Waals surface area contributed by atoms with Gasteiger partial charge in [0.1, 0.15) is 23.9 Å². The van der Waals surface area contributed by atoms with E-state index in [2.05, 4.69) is 10.5 Å². The van der Waals surface area contributed by atoms with E-state index in [0.717, 1.165) is 16.9 Å². The summed E-state index contributed by atoms with van der Waals surface area (Å²) in [5.41, 5.74) is 3.15. The minimum absolute atomic E-state index is 0.0809. The predicted octanol–water partition coefficient (Wildman–Crippen LogP) is 5.22. The van der Waals surface area contributed by atoms with Gasteiger partial charge >= 0.3 is 0 Å². The highest BCUT2D eigenvalue weighted by atomic mass is 35.5. The van der Waals surface area contributed by atoms with Crippen LogP contribution in [0.5, 0.6) is 5.75 Å². The van der Waals surface area contributed by atoms with Crippen molar-refractivity contribution in [1.29, 1.82) is 0 Å². The highest BCUT2D eigenvalue weighted by Crippen LogP contribution is 2.24. The number of hydrogen-bond donors (Lipinski definition) is 1. The molecule has 0 unspecified atom stereocenters. The smallest absolute Gasteiger partial charge is 0.278 e. The molecule has 0 aliphatic heterocycles. The maximum atomic E-state index is 13.3. The maximum Gasteiger partial charge on any atom is 0.278 e. The number of nitrogens with one attached hydrogen (secondary N) is 1. The number of ether oxygens (including phenoxy) is 1. The Labute approximate surface area is 161 Å². The molecule has 140 valence electrons. The molecule has 5 nitrogen and oxygen atoms in total. The van der Waals surface area contributed by atoms with Crippen LogP contribution < -0.4 is 10.1 Å². The first-order valence-electron chi connectivity index (χ1n) is 8.27. The zero-order valence-electron chi connectivity index (χ0n) is 15.1. The molecule has 1 amide bonds. The van der Waals surface area contributed by atoms with E-state index in [4.69, 9.17) is 20.9 Å². The highest BCUT2D eigenvalue weighted by Gasteiger charge is 2.21. The first kappa shape index (κ1) is 18.9. The average Bonchev–Trinajstić information content (AvgIpc) is 3.00. The summed E-state index contributed by atoms with van der Waals surface area (Å²) in [5.74, 6) is 0.165. The van der Waals surface area contributed by atoms with Crippen LogP contribution in [0, 0.1) is 26.6 Å². The molecule has 0 aliphatic carbocycles. The summed E-state index contributed by atoms with van der Waals surface area (Å²) in [6, 6.07) is 9.69. The fraction of sp³-hybridized carbons (Fsp3) is 0.200. The molecule has 0 saturated heterocycles. The molecule has 1 N–H and O–H groups in total. The lowest BCUT2D eigenvalue weighted by Crippen LogP contribution is -2.15. The lowest BCUT2D eigenvalue weighted by atomic mass is 10.1. The van der Waals surface area contributed by atoms with Crippen LogP contribution in [0.3, 0.4) is 0 Å². The number of carbonyl (C=O) groups is 1. The van der Waals surface area contributed by atoms with Gasteiger partial charge in [0.15, 0.2) is 5.69 Å². The third-order valence-electron chi connectivity index (χ3n) is 4.30. The van der Waals surface area contributed by atoms with Crippen LogP contribution in [0.25, 0.3) is 0 Å².